The predicted molar refractivity (Wildman–Crippen MR) is 270 cm³/mol. The molecule has 2 heterocycles. The van der Waals surface area contributed by atoms with E-state index in [1.54, 1.807) is 0 Å². The van der Waals surface area contributed by atoms with Gasteiger partial charge >= 0.3 is 5.97 Å². The maximum atomic E-state index is 13.0. The second-order valence-electron chi connectivity index (χ2n) is 19.4. The topological polar surface area (TPSA) is 214 Å². The lowest BCUT2D eigenvalue weighted by Gasteiger charge is -2.42. The predicted octanol–water partition coefficient (Wildman–Crippen LogP) is 8.97. The molecule has 69 heavy (non-hydrogen) atoms. The molecule has 0 spiro atoms. The van der Waals surface area contributed by atoms with Crippen LogP contribution in [-0.4, -0.2) is 142 Å². The highest BCUT2D eigenvalue weighted by molar-refractivity contribution is 5.69. The van der Waals surface area contributed by atoms with Crippen LogP contribution in [0.3, 0.4) is 0 Å². The normalized spacial score (nSPS) is 25.9. The molecule has 0 amide bonds. The van der Waals surface area contributed by atoms with Gasteiger partial charge in [-0.3, -0.25) is 4.79 Å². The molecule has 2 aliphatic rings. The van der Waals surface area contributed by atoms with E-state index in [0.717, 1.165) is 57.8 Å². The van der Waals surface area contributed by atoms with Gasteiger partial charge in [-0.15, -0.1) is 0 Å². The van der Waals surface area contributed by atoms with Crippen LogP contribution in [0.5, 0.6) is 0 Å². The summed E-state index contributed by atoms with van der Waals surface area (Å²) in [6.07, 6.45) is 32.1. The lowest BCUT2D eigenvalue weighted by Crippen LogP contribution is -2.61. The first-order valence-corrected chi connectivity index (χ1v) is 27.6. The molecule has 7 N–H and O–H groups in total. The van der Waals surface area contributed by atoms with Crippen LogP contribution in [0.4, 0.5) is 0 Å². The van der Waals surface area contributed by atoms with Gasteiger partial charge in [0.15, 0.2) is 12.6 Å². The van der Waals surface area contributed by atoms with Crippen molar-refractivity contribution in [2.45, 2.75) is 274 Å². The average molecular weight is 985 g/mol. The molecule has 14 nitrogen and oxygen atoms in total. The minimum absolute atomic E-state index is 0.0600. The van der Waals surface area contributed by atoms with E-state index in [9.17, 15) is 40.5 Å². The zero-order valence-corrected chi connectivity index (χ0v) is 43.1. The summed E-state index contributed by atoms with van der Waals surface area (Å²) < 4.78 is 34.3. The maximum Gasteiger partial charge on any atom is 0.306 e. The van der Waals surface area contributed by atoms with E-state index in [1.165, 1.54) is 122 Å². The van der Waals surface area contributed by atoms with Gasteiger partial charge in [0.05, 0.1) is 26.4 Å². The molecular formula is C55H100O14. The highest BCUT2D eigenvalue weighted by atomic mass is 16.7. The van der Waals surface area contributed by atoms with E-state index in [0.29, 0.717) is 13.0 Å². The molecule has 11 atom stereocenters. The molecule has 0 aliphatic carbocycles. The van der Waals surface area contributed by atoms with Crippen LogP contribution in [0, 0.1) is 0 Å². The fourth-order valence-corrected chi connectivity index (χ4v) is 8.65. The molecular weight excluding hydrogens is 885 g/mol. The number of aliphatic hydroxyl groups is 7. The van der Waals surface area contributed by atoms with Crippen molar-refractivity contribution >= 4 is 5.97 Å². The minimum Gasteiger partial charge on any atom is -0.457 e. The number of ether oxygens (including phenoxy) is 6. The zero-order chi connectivity index (χ0) is 50.2. The highest BCUT2D eigenvalue weighted by Gasteiger charge is 2.47. The second kappa shape index (κ2) is 42.7. The standard InChI is InChI=1S/C55H100O14/c1-3-5-7-9-11-13-15-16-17-18-19-20-21-22-23-24-25-26-27-29-31-33-35-37-39-64-41-44(67-47(57)38-36-34-32-30-28-14-12-10-8-6-4-2)42-65-54-53(63)51(61)49(59)46(69-54)43-66-55-52(62)50(60)48(58)45(40-56)68-55/h15-16,18-19,21-22,44-46,48-56,58-63H,3-14,17,20,23-43H2,1-2H3/b16-15-,19-18-,22-21-. The summed E-state index contributed by atoms with van der Waals surface area (Å²) in [4.78, 5) is 13.0. The molecule has 2 aliphatic heterocycles. The first kappa shape index (κ1) is 63.3. The van der Waals surface area contributed by atoms with Crippen molar-refractivity contribution in [1.29, 1.82) is 0 Å². The molecule has 404 valence electrons. The Morgan fingerprint density at radius 1 is 0.478 bits per heavy atom. The summed E-state index contributed by atoms with van der Waals surface area (Å²) in [7, 11) is 0. The third kappa shape index (κ3) is 30.1. The Balaban J connectivity index is 1.70. The van der Waals surface area contributed by atoms with E-state index in [-0.39, 0.29) is 25.6 Å². The van der Waals surface area contributed by atoms with Crippen molar-refractivity contribution in [3.05, 3.63) is 36.5 Å². The number of allylic oxidation sites excluding steroid dienone is 6. The molecule has 0 aromatic heterocycles. The van der Waals surface area contributed by atoms with Gasteiger partial charge in [0.1, 0.15) is 54.9 Å². The van der Waals surface area contributed by atoms with E-state index >= 15 is 0 Å². The van der Waals surface area contributed by atoms with Crippen LogP contribution in [0.2, 0.25) is 0 Å². The summed E-state index contributed by atoms with van der Waals surface area (Å²) in [6, 6.07) is 0. The lowest BCUT2D eigenvalue weighted by molar-refractivity contribution is -0.332. The number of hydrogen-bond donors (Lipinski definition) is 7. The zero-order valence-electron chi connectivity index (χ0n) is 43.1. The van der Waals surface area contributed by atoms with E-state index in [1.807, 2.05) is 0 Å². The molecule has 2 rings (SSSR count). The van der Waals surface area contributed by atoms with E-state index in [2.05, 4.69) is 50.3 Å². The number of aliphatic hydroxyl groups excluding tert-OH is 7. The van der Waals surface area contributed by atoms with E-state index in [4.69, 9.17) is 28.4 Å². The fourth-order valence-electron chi connectivity index (χ4n) is 8.65. The van der Waals surface area contributed by atoms with E-state index < -0.39 is 80.7 Å². The Labute approximate surface area is 417 Å². The largest absolute Gasteiger partial charge is 0.457 e. The Kier molecular flexibility index (Phi) is 39.2. The molecule has 2 saturated heterocycles. The summed E-state index contributed by atoms with van der Waals surface area (Å²) in [6.45, 7) is 3.67. The number of carbonyl (C=O) groups is 1. The molecule has 0 radical (unpaired) electrons. The van der Waals surface area contributed by atoms with Crippen molar-refractivity contribution in [2.24, 2.45) is 0 Å². The number of esters is 1. The molecule has 2 fully saturated rings. The van der Waals surface area contributed by atoms with Crippen LogP contribution in [0.1, 0.15) is 206 Å². The van der Waals surface area contributed by atoms with Crippen LogP contribution in [-0.2, 0) is 33.2 Å². The minimum atomic E-state index is -1.71. The molecule has 0 saturated carbocycles. The third-order valence-electron chi connectivity index (χ3n) is 13.2. The van der Waals surface area contributed by atoms with Gasteiger partial charge in [-0.25, -0.2) is 0 Å². The first-order chi connectivity index (χ1) is 33.6. The van der Waals surface area contributed by atoms with Crippen molar-refractivity contribution in [1.82, 2.24) is 0 Å². The first-order valence-electron chi connectivity index (χ1n) is 27.6. The Morgan fingerprint density at radius 2 is 0.899 bits per heavy atom. The quantitative estimate of drug-likeness (QED) is 0.0173. The van der Waals surface area contributed by atoms with Crippen molar-refractivity contribution < 1.29 is 69.0 Å². The lowest BCUT2D eigenvalue weighted by atomic mass is 9.98. The summed E-state index contributed by atoms with van der Waals surface area (Å²) >= 11 is 0. The Morgan fingerprint density at radius 3 is 1.41 bits per heavy atom. The summed E-state index contributed by atoms with van der Waals surface area (Å²) in [5.41, 5.74) is 0. The number of carbonyl (C=O) groups excluding carboxylic acids is 1. The van der Waals surface area contributed by atoms with Crippen molar-refractivity contribution in [3.8, 4) is 0 Å². The Hall–Kier alpha value is -1.79. The molecule has 0 aromatic carbocycles. The van der Waals surface area contributed by atoms with Crippen LogP contribution < -0.4 is 0 Å². The monoisotopic (exact) mass is 985 g/mol. The number of rotatable bonds is 44. The maximum absolute atomic E-state index is 13.0. The fraction of sp³-hybridized carbons (Fsp3) is 0.873. The van der Waals surface area contributed by atoms with Crippen LogP contribution in [0.15, 0.2) is 36.5 Å². The van der Waals surface area contributed by atoms with Crippen molar-refractivity contribution in [3.63, 3.8) is 0 Å². The van der Waals surface area contributed by atoms with Crippen molar-refractivity contribution in [2.75, 3.05) is 33.0 Å². The molecule has 14 heteroatoms. The van der Waals surface area contributed by atoms with Crippen LogP contribution >= 0.6 is 0 Å². The molecule has 11 unspecified atom stereocenters. The van der Waals surface area contributed by atoms with Gasteiger partial charge in [-0.2, -0.15) is 0 Å². The Bertz CT molecular complexity index is 1280. The highest BCUT2D eigenvalue weighted by Crippen LogP contribution is 2.26. The molecule has 0 aromatic rings. The summed E-state index contributed by atoms with van der Waals surface area (Å²) in [5.74, 6) is -0.378. The number of unbranched alkanes of at least 4 members (excludes halogenated alkanes) is 24. The average Bonchev–Trinajstić information content (AvgIpc) is 3.35. The van der Waals surface area contributed by atoms with Gasteiger partial charge in [-0.1, -0.05) is 185 Å². The SMILES string of the molecule is CCCCCCC/C=C\C/C=C\C/C=C\CCCCCCCCCCCOCC(COC1OC(COC2OC(CO)C(O)C(O)C2O)C(O)C(O)C1O)OC(=O)CCCCCCCCCCCCC. The second-order valence-corrected chi connectivity index (χ2v) is 19.4. The van der Waals surface area contributed by atoms with Gasteiger partial charge in [0, 0.05) is 13.0 Å². The van der Waals surface area contributed by atoms with Crippen LogP contribution in [0.25, 0.3) is 0 Å². The number of hydrogen-bond acceptors (Lipinski definition) is 14. The van der Waals surface area contributed by atoms with Gasteiger partial charge in [0.2, 0.25) is 0 Å². The third-order valence-corrected chi connectivity index (χ3v) is 13.2. The summed E-state index contributed by atoms with van der Waals surface area (Å²) in [5, 5.41) is 72.1. The van der Waals surface area contributed by atoms with Gasteiger partial charge in [-0.05, 0) is 51.4 Å². The smallest absolute Gasteiger partial charge is 0.306 e. The van der Waals surface area contributed by atoms with Gasteiger partial charge < -0.3 is 64.2 Å². The molecule has 0 bridgehead atoms. The van der Waals surface area contributed by atoms with Gasteiger partial charge in [0.25, 0.3) is 0 Å².